The predicted octanol–water partition coefficient (Wildman–Crippen LogP) is 2.40. The number of carbonyl (C=O) groups is 1. The standard InChI is InChI=1S/C22H26N6O2/c1-23-22(25-15-18-7-4-9-20(13-18)30-2)24-14-17-6-3-8-19(12-17)27-21(29)16-28-11-5-10-26-28/h3-13H,14-16H2,1-2H3,(H,27,29)(H2,23,24,25). The van der Waals surface area contributed by atoms with E-state index in [-0.39, 0.29) is 12.5 Å². The minimum absolute atomic E-state index is 0.125. The SMILES string of the molecule is CN=C(NCc1cccc(NC(=O)Cn2cccn2)c1)NCc1cccc(OC)c1. The highest BCUT2D eigenvalue weighted by Gasteiger charge is 2.05. The van der Waals surface area contributed by atoms with Gasteiger partial charge in [0, 0.05) is 38.2 Å². The minimum atomic E-state index is -0.125. The molecule has 3 rings (SSSR count). The number of hydrogen-bond donors (Lipinski definition) is 3. The molecule has 30 heavy (non-hydrogen) atoms. The zero-order valence-electron chi connectivity index (χ0n) is 17.1. The number of anilines is 1. The molecule has 0 aliphatic heterocycles. The smallest absolute Gasteiger partial charge is 0.246 e. The first-order chi connectivity index (χ1) is 14.7. The molecular formula is C22H26N6O2. The van der Waals surface area contributed by atoms with Gasteiger partial charge >= 0.3 is 0 Å². The third-order valence-electron chi connectivity index (χ3n) is 4.35. The topological polar surface area (TPSA) is 92.6 Å². The van der Waals surface area contributed by atoms with Gasteiger partial charge in [-0.2, -0.15) is 5.10 Å². The molecule has 0 saturated carbocycles. The van der Waals surface area contributed by atoms with Gasteiger partial charge in [-0.3, -0.25) is 14.5 Å². The lowest BCUT2D eigenvalue weighted by molar-refractivity contribution is -0.116. The second-order valence-corrected chi connectivity index (χ2v) is 6.58. The Labute approximate surface area is 176 Å². The van der Waals surface area contributed by atoms with Crippen molar-refractivity contribution in [2.24, 2.45) is 4.99 Å². The number of guanidine groups is 1. The number of benzene rings is 2. The van der Waals surface area contributed by atoms with Crippen LogP contribution in [-0.4, -0.2) is 35.8 Å². The van der Waals surface area contributed by atoms with Gasteiger partial charge in [0.2, 0.25) is 5.91 Å². The van der Waals surface area contributed by atoms with Crippen LogP contribution in [0.15, 0.2) is 72.0 Å². The monoisotopic (exact) mass is 406 g/mol. The average molecular weight is 406 g/mol. The van der Waals surface area contributed by atoms with Gasteiger partial charge in [-0.25, -0.2) is 0 Å². The lowest BCUT2D eigenvalue weighted by atomic mass is 10.2. The number of nitrogens with zero attached hydrogens (tertiary/aromatic N) is 3. The molecule has 0 saturated heterocycles. The van der Waals surface area contributed by atoms with E-state index < -0.39 is 0 Å². The van der Waals surface area contributed by atoms with Crippen molar-refractivity contribution in [1.29, 1.82) is 0 Å². The number of aliphatic imine (C=N–C) groups is 1. The number of ether oxygens (including phenoxy) is 1. The van der Waals surface area contributed by atoms with E-state index in [9.17, 15) is 4.79 Å². The summed E-state index contributed by atoms with van der Waals surface area (Å²) in [6, 6.07) is 17.4. The van der Waals surface area contributed by atoms with Crippen LogP contribution in [0.5, 0.6) is 5.75 Å². The van der Waals surface area contributed by atoms with Crippen molar-refractivity contribution in [3.63, 3.8) is 0 Å². The number of nitrogens with one attached hydrogen (secondary N) is 3. The Morgan fingerprint density at radius 2 is 1.80 bits per heavy atom. The number of hydrogen-bond acceptors (Lipinski definition) is 4. The second-order valence-electron chi connectivity index (χ2n) is 6.58. The summed E-state index contributed by atoms with van der Waals surface area (Å²) in [7, 11) is 3.38. The third kappa shape index (κ3) is 6.37. The molecule has 0 aliphatic carbocycles. The Morgan fingerprint density at radius 1 is 1.07 bits per heavy atom. The van der Waals surface area contributed by atoms with E-state index in [4.69, 9.17) is 4.74 Å². The summed E-state index contributed by atoms with van der Waals surface area (Å²) in [5.41, 5.74) is 2.86. The van der Waals surface area contributed by atoms with Crippen molar-refractivity contribution in [3.05, 3.63) is 78.1 Å². The van der Waals surface area contributed by atoms with Crippen LogP contribution >= 0.6 is 0 Å². The second kappa shape index (κ2) is 10.7. The molecule has 0 fully saturated rings. The van der Waals surface area contributed by atoms with Gasteiger partial charge in [-0.05, 0) is 41.5 Å². The highest BCUT2D eigenvalue weighted by atomic mass is 16.5. The van der Waals surface area contributed by atoms with Gasteiger partial charge in [-0.15, -0.1) is 0 Å². The Morgan fingerprint density at radius 3 is 2.47 bits per heavy atom. The molecule has 156 valence electrons. The first-order valence-electron chi connectivity index (χ1n) is 9.60. The van der Waals surface area contributed by atoms with E-state index in [1.165, 1.54) is 0 Å². The molecule has 8 nitrogen and oxygen atoms in total. The molecule has 0 unspecified atom stereocenters. The summed E-state index contributed by atoms with van der Waals surface area (Å²) in [5, 5.41) is 13.5. The largest absolute Gasteiger partial charge is 0.497 e. The molecule has 0 aliphatic rings. The maximum atomic E-state index is 12.1. The Kier molecular flexibility index (Phi) is 7.43. The summed E-state index contributed by atoms with van der Waals surface area (Å²) in [4.78, 5) is 16.4. The molecule has 0 bridgehead atoms. The van der Waals surface area contributed by atoms with Crippen molar-refractivity contribution >= 4 is 17.6 Å². The van der Waals surface area contributed by atoms with Gasteiger partial charge in [0.15, 0.2) is 5.96 Å². The highest BCUT2D eigenvalue weighted by molar-refractivity contribution is 5.90. The molecule has 1 amide bonds. The van der Waals surface area contributed by atoms with Crippen LogP contribution in [-0.2, 0) is 24.4 Å². The summed E-state index contributed by atoms with van der Waals surface area (Å²) in [5.74, 6) is 1.38. The van der Waals surface area contributed by atoms with Crippen molar-refractivity contribution in [1.82, 2.24) is 20.4 Å². The fraction of sp³-hybridized carbons (Fsp3) is 0.227. The zero-order valence-corrected chi connectivity index (χ0v) is 17.1. The van der Waals surface area contributed by atoms with Crippen LogP contribution in [0.25, 0.3) is 0 Å². The molecule has 2 aromatic carbocycles. The third-order valence-corrected chi connectivity index (χ3v) is 4.35. The van der Waals surface area contributed by atoms with E-state index in [1.54, 1.807) is 37.3 Å². The zero-order chi connectivity index (χ0) is 21.2. The summed E-state index contributed by atoms with van der Waals surface area (Å²) >= 11 is 0. The summed E-state index contributed by atoms with van der Waals surface area (Å²) in [6.07, 6.45) is 3.40. The van der Waals surface area contributed by atoms with E-state index in [1.807, 2.05) is 48.5 Å². The molecule has 3 N–H and O–H groups in total. The predicted molar refractivity (Wildman–Crippen MR) is 117 cm³/mol. The van der Waals surface area contributed by atoms with Crippen LogP contribution in [0.3, 0.4) is 0 Å². The number of rotatable bonds is 8. The first kappa shape index (κ1) is 20.9. The Balaban J connectivity index is 1.50. The Bertz CT molecular complexity index is 985. The van der Waals surface area contributed by atoms with E-state index >= 15 is 0 Å². The summed E-state index contributed by atoms with van der Waals surface area (Å²) < 4.78 is 6.83. The molecule has 1 aromatic heterocycles. The quantitative estimate of drug-likeness (QED) is 0.395. The van der Waals surface area contributed by atoms with Crippen LogP contribution < -0.4 is 20.7 Å². The number of methoxy groups -OCH3 is 1. The number of amides is 1. The van der Waals surface area contributed by atoms with Gasteiger partial charge < -0.3 is 20.7 Å². The lowest BCUT2D eigenvalue weighted by Crippen LogP contribution is -2.36. The first-order valence-corrected chi connectivity index (χ1v) is 9.60. The normalized spacial score (nSPS) is 11.1. The van der Waals surface area contributed by atoms with Crippen molar-refractivity contribution in [3.8, 4) is 5.75 Å². The number of aromatic nitrogens is 2. The molecule has 3 aromatic rings. The molecule has 8 heteroatoms. The van der Waals surface area contributed by atoms with Gasteiger partial charge in [0.1, 0.15) is 12.3 Å². The van der Waals surface area contributed by atoms with Crippen molar-refractivity contribution < 1.29 is 9.53 Å². The van der Waals surface area contributed by atoms with Gasteiger partial charge in [0.05, 0.1) is 7.11 Å². The molecule has 0 radical (unpaired) electrons. The van der Waals surface area contributed by atoms with Crippen LogP contribution in [0.4, 0.5) is 5.69 Å². The highest BCUT2D eigenvalue weighted by Crippen LogP contribution is 2.12. The van der Waals surface area contributed by atoms with Crippen LogP contribution in [0.1, 0.15) is 11.1 Å². The van der Waals surface area contributed by atoms with Gasteiger partial charge in [0.25, 0.3) is 0 Å². The van der Waals surface area contributed by atoms with E-state index in [0.717, 1.165) is 22.6 Å². The number of carbonyl (C=O) groups excluding carboxylic acids is 1. The van der Waals surface area contributed by atoms with E-state index in [0.29, 0.717) is 19.0 Å². The van der Waals surface area contributed by atoms with Gasteiger partial charge in [-0.1, -0.05) is 24.3 Å². The molecule has 1 heterocycles. The van der Waals surface area contributed by atoms with Crippen molar-refractivity contribution in [2.45, 2.75) is 19.6 Å². The van der Waals surface area contributed by atoms with E-state index in [2.05, 4.69) is 26.0 Å². The molecule has 0 atom stereocenters. The van der Waals surface area contributed by atoms with Crippen molar-refractivity contribution in [2.75, 3.05) is 19.5 Å². The van der Waals surface area contributed by atoms with Crippen LogP contribution in [0.2, 0.25) is 0 Å². The summed E-state index contributed by atoms with van der Waals surface area (Å²) in [6.45, 7) is 1.37. The lowest BCUT2D eigenvalue weighted by Gasteiger charge is -2.13. The fourth-order valence-corrected chi connectivity index (χ4v) is 2.88. The molecular weight excluding hydrogens is 380 g/mol. The maximum Gasteiger partial charge on any atom is 0.246 e. The average Bonchev–Trinajstić information content (AvgIpc) is 3.27. The molecule has 0 spiro atoms. The Hall–Kier alpha value is -3.81. The fourth-order valence-electron chi connectivity index (χ4n) is 2.88. The van der Waals surface area contributed by atoms with Crippen LogP contribution in [0, 0.1) is 0 Å². The minimum Gasteiger partial charge on any atom is -0.497 e. The maximum absolute atomic E-state index is 12.1.